The van der Waals surface area contributed by atoms with E-state index in [2.05, 4.69) is 5.32 Å². The molecule has 2 rings (SSSR count). The second kappa shape index (κ2) is 7.87. The molecule has 2 aromatic rings. The van der Waals surface area contributed by atoms with E-state index in [1.165, 1.54) is 18.7 Å². The Morgan fingerprint density at radius 2 is 1.73 bits per heavy atom. The van der Waals surface area contributed by atoms with Gasteiger partial charge >= 0.3 is 5.97 Å². The molecule has 0 saturated carbocycles. The molecule has 0 atom stereocenters. The van der Waals surface area contributed by atoms with Crippen molar-refractivity contribution < 1.29 is 14.3 Å². The third kappa shape index (κ3) is 5.42. The molecule has 1 N–H and O–H groups in total. The van der Waals surface area contributed by atoms with Gasteiger partial charge < -0.3 is 10.1 Å². The molecule has 0 aliphatic carbocycles. The molecule has 0 bridgehead atoms. The summed E-state index contributed by atoms with van der Waals surface area (Å²) in [5.74, 6) is 0.155. The number of carbonyl (C=O) groups is 2. The Kier molecular flexibility index (Phi) is 5.86. The summed E-state index contributed by atoms with van der Waals surface area (Å²) in [6, 6.07) is 13.9. The van der Waals surface area contributed by atoms with Crippen molar-refractivity contribution in [2.24, 2.45) is 0 Å². The smallest absolute Gasteiger partial charge is 0.321 e. The number of hydrogen-bond donors (Lipinski definition) is 1. The maximum atomic E-state index is 11.8. The summed E-state index contributed by atoms with van der Waals surface area (Å²) >= 11 is 7.18. The molecular weight excluding hydrogens is 322 g/mol. The summed E-state index contributed by atoms with van der Waals surface area (Å²) in [6.07, 6.45) is 0. The first-order valence-corrected chi connectivity index (χ1v) is 7.86. The zero-order chi connectivity index (χ0) is 15.9. The number of esters is 1. The largest absolute Gasteiger partial charge is 0.426 e. The number of amides is 1. The SMILES string of the molecule is CC(=O)Nc1ccc(OC(=O)CSc2ccc(Cl)cc2)cc1. The highest BCUT2D eigenvalue weighted by molar-refractivity contribution is 8.00. The molecule has 114 valence electrons. The van der Waals surface area contributed by atoms with Crippen molar-refractivity contribution in [3.05, 3.63) is 53.6 Å². The number of halogens is 1. The average Bonchev–Trinajstić information content (AvgIpc) is 2.48. The number of hydrogen-bond acceptors (Lipinski definition) is 4. The van der Waals surface area contributed by atoms with E-state index in [-0.39, 0.29) is 17.6 Å². The molecule has 1 amide bonds. The van der Waals surface area contributed by atoms with Crippen molar-refractivity contribution in [1.29, 1.82) is 0 Å². The second-order valence-corrected chi connectivity index (χ2v) is 5.91. The monoisotopic (exact) mass is 335 g/mol. The first kappa shape index (κ1) is 16.4. The Balaban J connectivity index is 1.83. The van der Waals surface area contributed by atoms with Crippen LogP contribution in [0.15, 0.2) is 53.4 Å². The van der Waals surface area contributed by atoms with Crippen LogP contribution in [-0.2, 0) is 9.59 Å². The lowest BCUT2D eigenvalue weighted by atomic mass is 10.3. The maximum absolute atomic E-state index is 11.8. The number of thioether (sulfide) groups is 1. The van der Waals surface area contributed by atoms with E-state index < -0.39 is 0 Å². The molecule has 0 aromatic heterocycles. The zero-order valence-corrected chi connectivity index (χ0v) is 13.4. The van der Waals surface area contributed by atoms with Crippen molar-refractivity contribution in [2.75, 3.05) is 11.1 Å². The van der Waals surface area contributed by atoms with Crippen molar-refractivity contribution in [1.82, 2.24) is 0 Å². The quantitative estimate of drug-likeness (QED) is 0.510. The lowest BCUT2D eigenvalue weighted by molar-refractivity contribution is -0.131. The zero-order valence-electron chi connectivity index (χ0n) is 11.8. The van der Waals surface area contributed by atoms with Crippen LogP contribution in [0.5, 0.6) is 5.75 Å². The maximum Gasteiger partial charge on any atom is 0.321 e. The minimum absolute atomic E-state index is 0.149. The van der Waals surface area contributed by atoms with Crippen LogP contribution in [0, 0.1) is 0 Å². The van der Waals surface area contributed by atoms with Gasteiger partial charge in [0.1, 0.15) is 5.75 Å². The molecular formula is C16H14ClNO3S. The van der Waals surface area contributed by atoms with E-state index in [0.717, 1.165) is 4.90 Å². The van der Waals surface area contributed by atoms with Crippen molar-refractivity contribution >= 4 is 40.9 Å². The Hall–Kier alpha value is -1.98. The molecule has 0 unspecified atom stereocenters. The normalized spacial score (nSPS) is 10.1. The molecule has 0 heterocycles. The fourth-order valence-electron chi connectivity index (χ4n) is 1.64. The van der Waals surface area contributed by atoms with E-state index in [9.17, 15) is 9.59 Å². The van der Waals surface area contributed by atoms with Crippen molar-refractivity contribution in [2.45, 2.75) is 11.8 Å². The van der Waals surface area contributed by atoms with E-state index in [4.69, 9.17) is 16.3 Å². The van der Waals surface area contributed by atoms with E-state index in [1.54, 1.807) is 36.4 Å². The lowest BCUT2D eigenvalue weighted by Crippen LogP contribution is -2.11. The summed E-state index contributed by atoms with van der Waals surface area (Å²) in [7, 11) is 0. The van der Waals surface area contributed by atoms with Gasteiger partial charge in [0.15, 0.2) is 0 Å². The summed E-state index contributed by atoms with van der Waals surface area (Å²) in [6.45, 7) is 1.43. The Bertz CT molecular complexity index is 656. The third-order valence-corrected chi connectivity index (χ3v) is 3.81. The Labute approximate surface area is 137 Å². The number of rotatable bonds is 5. The second-order valence-electron chi connectivity index (χ2n) is 4.42. The molecule has 2 aromatic carbocycles. The van der Waals surface area contributed by atoms with Gasteiger partial charge in [-0.25, -0.2) is 0 Å². The molecule has 0 aliphatic heterocycles. The van der Waals surface area contributed by atoms with E-state index in [0.29, 0.717) is 16.5 Å². The highest BCUT2D eigenvalue weighted by atomic mass is 35.5. The number of benzene rings is 2. The predicted octanol–water partition coefficient (Wildman–Crippen LogP) is 4.00. The van der Waals surface area contributed by atoms with Crippen LogP contribution in [0.4, 0.5) is 5.69 Å². The minimum Gasteiger partial charge on any atom is -0.426 e. The van der Waals surface area contributed by atoms with Gasteiger partial charge in [0.25, 0.3) is 0 Å². The first-order valence-electron chi connectivity index (χ1n) is 6.49. The van der Waals surface area contributed by atoms with Crippen molar-refractivity contribution in [3.63, 3.8) is 0 Å². The van der Waals surface area contributed by atoms with Crippen LogP contribution in [0.3, 0.4) is 0 Å². The molecule has 6 heteroatoms. The number of ether oxygens (including phenoxy) is 1. The van der Waals surface area contributed by atoms with Gasteiger partial charge in [-0.1, -0.05) is 11.6 Å². The van der Waals surface area contributed by atoms with Crippen molar-refractivity contribution in [3.8, 4) is 5.75 Å². The molecule has 0 aliphatic rings. The summed E-state index contributed by atoms with van der Waals surface area (Å²) in [4.78, 5) is 23.6. The van der Waals surface area contributed by atoms with E-state index >= 15 is 0 Å². The van der Waals surface area contributed by atoms with E-state index in [1.807, 2.05) is 12.1 Å². The molecule has 0 radical (unpaired) electrons. The van der Waals surface area contributed by atoms with Crippen LogP contribution in [-0.4, -0.2) is 17.6 Å². The Morgan fingerprint density at radius 1 is 1.09 bits per heavy atom. The van der Waals surface area contributed by atoms with Crippen LogP contribution >= 0.6 is 23.4 Å². The van der Waals surface area contributed by atoms with Gasteiger partial charge in [0.2, 0.25) is 5.91 Å². The van der Waals surface area contributed by atoms with Crippen LogP contribution in [0.25, 0.3) is 0 Å². The summed E-state index contributed by atoms with van der Waals surface area (Å²) < 4.78 is 5.22. The standard InChI is InChI=1S/C16H14ClNO3S/c1-11(19)18-13-4-6-14(7-5-13)21-16(20)10-22-15-8-2-12(17)3-9-15/h2-9H,10H2,1H3,(H,18,19). The van der Waals surface area contributed by atoms with Gasteiger partial charge in [0.05, 0.1) is 5.75 Å². The average molecular weight is 336 g/mol. The Morgan fingerprint density at radius 3 is 2.32 bits per heavy atom. The van der Waals surface area contributed by atoms with Gasteiger partial charge in [-0.3, -0.25) is 9.59 Å². The predicted molar refractivity (Wildman–Crippen MR) is 88.6 cm³/mol. The topological polar surface area (TPSA) is 55.4 Å². The number of nitrogens with one attached hydrogen (secondary N) is 1. The molecule has 0 fully saturated rings. The minimum atomic E-state index is -0.341. The summed E-state index contributed by atoms with van der Waals surface area (Å²) in [5.41, 5.74) is 0.655. The van der Waals surface area contributed by atoms with Crippen LogP contribution in [0.1, 0.15) is 6.92 Å². The van der Waals surface area contributed by atoms with Crippen LogP contribution in [0.2, 0.25) is 5.02 Å². The fraction of sp³-hybridized carbons (Fsp3) is 0.125. The van der Waals surface area contributed by atoms with Gasteiger partial charge in [-0.2, -0.15) is 0 Å². The van der Waals surface area contributed by atoms with Crippen LogP contribution < -0.4 is 10.1 Å². The molecule has 0 spiro atoms. The summed E-state index contributed by atoms with van der Waals surface area (Å²) in [5, 5.41) is 3.30. The highest BCUT2D eigenvalue weighted by Crippen LogP contribution is 2.21. The number of carbonyl (C=O) groups excluding carboxylic acids is 2. The number of anilines is 1. The lowest BCUT2D eigenvalue weighted by Gasteiger charge is -2.06. The van der Waals surface area contributed by atoms with Gasteiger partial charge in [-0.15, -0.1) is 11.8 Å². The molecule has 4 nitrogen and oxygen atoms in total. The fourth-order valence-corrected chi connectivity index (χ4v) is 2.44. The first-order chi connectivity index (χ1) is 10.5. The van der Waals surface area contributed by atoms with Gasteiger partial charge in [0, 0.05) is 22.5 Å². The third-order valence-electron chi connectivity index (χ3n) is 2.58. The highest BCUT2D eigenvalue weighted by Gasteiger charge is 2.06. The molecule has 22 heavy (non-hydrogen) atoms. The van der Waals surface area contributed by atoms with Gasteiger partial charge in [-0.05, 0) is 48.5 Å². The molecule has 0 saturated heterocycles.